The number of nitrogens with two attached hydrogens (primary N) is 1. The Kier molecular flexibility index (Phi) is 3.79. The zero-order valence-corrected chi connectivity index (χ0v) is 6.30. The summed E-state index contributed by atoms with van der Waals surface area (Å²) in [6, 6.07) is -0.788. The van der Waals surface area contributed by atoms with E-state index < -0.39 is 16.4 Å². The first-order valence-corrected chi connectivity index (χ1v) is 3.93. The SMILES string of the molecule is NC(=O)NCCOS(=O)(=O)O. The van der Waals surface area contributed by atoms with Crippen molar-refractivity contribution in [3.8, 4) is 0 Å². The van der Waals surface area contributed by atoms with Crippen LogP contribution in [0.15, 0.2) is 0 Å². The fourth-order valence-electron chi connectivity index (χ4n) is 0.321. The number of amides is 2. The van der Waals surface area contributed by atoms with Gasteiger partial charge in [-0.05, 0) is 0 Å². The second-order valence-electron chi connectivity index (χ2n) is 1.54. The first-order valence-electron chi connectivity index (χ1n) is 2.57. The Hall–Kier alpha value is -0.860. The van der Waals surface area contributed by atoms with Gasteiger partial charge in [-0.3, -0.25) is 4.55 Å². The van der Waals surface area contributed by atoms with E-state index in [1.54, 1.807) is 0 Å². The average molecular weight is 184 g/mol. The molecule has 2 amide bonds. The highest BCUT2D eigenvalue weighted by molar-refractivity contribution is 7.80. The molecule has 0 aromatic carbocycles. The number of urea groups is 1. The first-order chi connectivity index (χ1) is 4.92. The average Bonchev–Trinajstić information content (AvgIpc) is 1.78. The van der Waals surface area contributed by atoms with E-state index in [-0.39, 0.29) is 13.2 Å². The Morgan fingerprint density at radius 1 is 1.64 bits per heavy atom. The number of hydrogen-bond acceptors (Lipinski definition) is 4. The molecule has 7 nitrogen and oxygen atoms in total. The van der Waals surface area contributed by atoms with Crippen LogP contribution in [0.2, 0.25) is 0 Å². The minimum absolute atomic E-state index is 0.0743. The van der Waals surface area contributed by atoms with Crippen LogP contribution in [0.1, 0.15) is 0 Å². The lowest BCUT2D eigenvalue weighted by atomic mass is 10.7. The number of carbonyl (C=O) groups is 1. The molecule has 0 unspecified atom stereocenters. The molecule has 0 aliphatic heterocycles. The fraction of sp³-hybridized carbons (Fsp3) is 0.667. The van der Waals surface area contributed by atoms with Gasteiger partial charge in [0.15, 0.2) is 0 Å². The molecule has 0 fully saturated rings. The van der Waals surface area contributed by atoms with E-state index in [9.17, 15) is 13.2 Å². The summed E-state index contributed by atoms with van der Waals surface area (Å²) in [5, 5.41) is 2.06. The van der Waals surface area contributed by atoms with Gasteiger partial charge in [-0.25, -0.2) is 8.98 Å². The van der Waals surface area contributed by atoms with Crippen LogP contribution in [0.5, 0.6) is 0 Å². The Bertz CT molecular complexity index is 222. The first kappa shape index (κ1) is 10.1. The van der Waals surface area contributed by atoms with Crippen molar-refractivity contribution in [2.45, 2.75) is 0 Å². The molecular formula is C3H8N2O5S. The number of primary amides is 1. The monoisotopic (exact) mass is 184 g/mol. The van der Waals surface area contributed by atoms with Crippen LogP contribution in [0.3, 0.4) is 0 Å². The van der Waals surface area contributed by atoms with Crippen LogP contribution in [0.25, 0.3) is 0 Å². The summed E-state index contributed by atoms with van der Waals surface area (Å²) < 4.78 is 31.6. The molecule has 0 aliphatic carbocycles. The maximum Gasteiger partial charge on any atom is 0.397 e. The van der Waals surface area contributed by atoms with Gasteiger partial charge in [0.05, 0.1) is 6.61 Å². The van der Waals surface area contributed by atoms with Crippen molar-refractivity contribution in [1.82, 2.24) is 5.32 Å². The number of nitrogens with one attached hydrogen (secondary N) is 1. The lowest BCUT2D eigenvalue weighted by molar-refractivity contribution is 0.239. The van der Waals surface area contributed by atoms with E-state index in [4.69, 9.17) is 4.55 Å². The van der Waals surface area contributed by atoms with Crippen molar-refractivity contribution < 1.29 is 21.9 Å². The van der Waals surface area contributed by atoms with Crippen LogP contribution >= 0.6 is 0 Å². The molecule has 66 valence electrons. The van der Waals surface area contributed by atoms with Gasteiger partial charge in [0, 0.05) is 6.54 Å². The maximum atomic E-state index is 9.97. The summed E-state index contributed by atoms with van der Waals surface area (Å²) in [7, 11) is -4.41. The molecule has 8 heteroatoms. The van der Waals surface area contributed by atoms with Gasteiger partial charge < -0.3 is 11.1 Å². The van der Waals surface area contributed by atoms with Crippen molar-refractivity contribution in [3.05, 3.63) is 0 Å². The van der Waals surface area contributed by atoms with E-state index in [1.165, 1.54) is 0 Å². The van der Waals surface area contributed by atoms with Crippen molar-refractivity contribution in [1.29, 1.82) is 0 Å². The fourth-order valence-corrected chi connectivity index (χ4v) is 0.615. The highest BCUT2D eigenvalue weighted by Gasteiger charge is 2.02. The maximum absolute atomic E-state index is 9.97. The lowest BCUT2D eigenvalue weighted by Gasteiger charge is -1.99. The highest BCUT2D eigenvalue weighted by Crippen LogP contribution is 1.82. The molecular weight excluding hydrogens is 176 g/mol. The molecule has 0 saturated heterocycles. The van der Waals surface area contributed by atoms with E-state index in [2.05, 4.69) is 15.2 Å². The van der Waals surface area contributed by atoms with E-state index in [0.29, 0.717) is 0 Å². The van der Waals surface area contributed by atoms with E-state index >= 15 is 0 Å². The second-order valence-corrected chi connectivity index (χ2v) is 2.63. The molecule has 0 bridgehead atoms. The normalized spacial score (nSPS) is 11.0. The van der Waals surface area contributed by atoms with Crippen molar-refractivity contribution in [3.63, 3.8) is 0 Å². The van der Waals surface area contributed by atoms with Crippen molar-refractivity contribution >= 4 is 16.4 Å². The number of carbonyl (C=O) groups excluding carboxylic acids is 1. The smallest absolute Gasteiger partial charge is 0.352 e. The van der Waals surface area contributed by atoms with Crippen LogP contribution in [-0.2, 0) is 14.6 Å². The molecule has 11 heavy (non-hydrogen) atoms. The van der Waals surface area contributed by atoms with Crippen LogP contribution in [0, 0.1) is 0 Å². The van der Waals surface area contributed by atoms with Gasteiger partial charge in [0.1, 0.15) is 0 Å². The third kappa shape index (κ3) is 9.14. The van der Waals surface area contributed by atoms with Gasteiger partial charge in [-0.1, -0.05) is 0 Å². The van der Waals surface area contributed by atoms with Crippen molar-refractivity contribution in [2.24, 2.45) is 5.73 Å². The third-order valence-corrected chi connectivity index (χ3v) is 1.10. The van der Waals surface area contributed by atoms with Gasteiger partial charge in [0.25, 0.3) is 0 Å². The molecule has 0 radical (unpaired) electrons. The second kappa shape index (κ2) is 4.11. The summed E-state index contributed by atoms with van der Waals surface area (Å²) >= 11 is 0. The van der Waals surface area contributed by atoms with Crippen LogP contribution < -0.4 is 11.1 Å². The van der Waals surface area contributed by atoms with Gasteiger partial charge >= 0.3 is 16.4 Å². The van der Waals surface area contributed by atoms with Gasteiger partial charge in [-0.2, -0.15) is 8.42 Å². The van der Waals surface area contributed by atoms with E-state index in [1.807, 2.05) is 0 Å². The standard InChI is InChI=1S/C3H8N2O5S/c4-3(6)5-1-2-10-11(7,8)9/h1-2H2,(H3,4,5,6)(H,7,8,9). The topological polar surface area (TPSA) is 119 Å². The van der Waals surface area contributed by atoms with Crippen molar-refractivity contribution in [2.75, 3.05) is 13.2 Å². The Balaban J connectivity index is 3.37. The number of rotatable bonds is 4. The summed E-state index contributed by atoms with van der Waals surface area (Å²) in [6.45, 7) is -0.420. The molecule has 0 saturated carbocycles. The highest BCUT2D eigenvalue weighted by atomic mass is 32.3. The summed E-state index contributed by atoms with van der Waals surface area (Å²) in [5.41, 5.74) is 4.62. The summed E-state index contributed by atoms with van der Waals surface area (Å²) in [6.07, 6.45) is 0. The molecule has 0 aromatic heterocycles. The minimum Gasteiger partial charge on any atom is -0.352 e. The predicted octanol–water partition coefficient (Wildman–Crippen LogP) is -1.53. The molecule has 0 rings (SSSR count). The third-order valence-electron chi connectivity index (χ3n) is 0.634. The quantitative estimate of drug-likeness (QED) is 0.362. The molecule has 0 heterocycles. The Morgan fingerprint density at radius 2 is 2.18 bits per heavy atom. The zero-order valence-electron chi connectivity index (χ0n) is 5.48. The van der Waals surface area contributed by atoms with Gasteiger partial charge in [-0.15, -0.1) is 0 Å². The zero-order chi connectivity index (χ0) is 8.91. The molecule has 4 N–H and O–H groups in total. The molecule has 0 spiro atoms. The molecule has 0 atom stereocenters. The lowest BCUT2D eigenvalue weighted by Crippen LogP contribution is -2.32. The largest absolute Gasteiger partial charge is 0.397 e. The predicted molar refractivity (Wildman–Crippen MR) is 35.1 cm³/mol. The Labute approximate surface area is 63.5 Å². The summed E-state index contributed by atoms with van der Waals surface area (Å²) in [4.78, 5) is 9.97. The molecule has 0 aliphatic rings. The Morgan fingerprint density at radius 3 is 2.55 bits per heavy atom. The number of hydrogen-bond donors (Lipinski definition) is 3. The van der Waals surface area contributed by atoms with Gasteiger partial charge in [0.2, 0.25) is 0 Å². The minimum atomic E-state index is -4.41. The molecule has 0 aromatic rings. The van der Waals surface area contributed by atoms with E-state index in [0.717, 1.165) is 0 Å². The van der Waals surface area contributed by atoms with Crippen LogP contribution in [0.4, 0.5) is 4.79 Å². The summed E-state index contributed by atoms with van der Waals surface area (Å²) in [5.74, 6) is 0. The van der Waals surface area contributed by atoms with Crippen LogP contribution in [-0.4, -0.2) is 32.2 Å².